The second kappa shape index (κ2) is 7.25. The van der Waals surface area contributed by atoms with Gasteiger partial charge in [-0.3, -0.25) is 14.3 Å². The van der Waals surface area contributed by atoms with Gasteiger partial charge in [0.05, 0.1) is 12.0 Å². The summed E-state index contributed by atoms with van der Waals surface area (Å²) in [6.45, 7) is 2.20. The van der Waals surface area contributed by atoms with Crippen LogP contribution in [0.5, 0.6) is 0 Å². The highest BCUT2D eigenvalue weighted by atomic mass is 16.5. The van der Waals surface area contributed by atoms with Crippen molar-refractivity contribution in [1.29, 1.82) is 0 Å². The number of aromatic nitrogens is 2. The number of hydrogen-bond donors (Lipinski definition) is 0. The maximum atomic E-state index is 13.5. The average Bonchev–Trinajstić information content (AvgIpc) is 3.28. The van der Waals surface area contributed by atoms with Crippen LogP contribution < -0.4 is 0 Å². The first kappa shape index (κ1) is 19.3. The van der Waals surface area contributed by atoms with Crippen molar-refractivity contribution in [1.82, 2.24) is 14.7 Å². The zero-order chi connectivity index (χ0) is 20.9. The van der Waals surface area contributed by atoms with Crippen molar-refractivity contribution in [2.24, 2.45) is 12.5 Å². The molecule has 1 amide bonds. The number of esters is 1. The van der Waals surface area contributed by atoms with Crippen molar-refractivity contribution >= 4 is 11.9 Å². The molecule has 2 aromatic rings. The predicted molar refractivity (Wildman–Crippen MR) is 112 cm³/mol. The maximum absolute atomic E-state index is 13.5. The fraction of sp³-hybridized carbons (Fsp3) is 0.542. The highest BCUT2D eigenvalue weighted by molar-refractivity contribution is 5.94. The van der Waals surface area contributed by atoms with E-state index in [1.165, 1.54) is 12.8 Å². The molecular weight excluding hydrogens is 378 g/mol. The van der Waals surface area contributed by atoms with Crippen molar-refractivity contribution < 1.29 is 14.3 Å². The lowest BCUT2D eigenvalue weighted by Gasteiger charge is -2.35. The Hall–Kier alpha value is -2.63. The standard InChI is InChI=1S/C24H29N3O3/c1-3-30-23(29)24(14-16-7-5-4-6-8-16)15-18-11-12-21(24)27(18)22(28)19-13-20(17-9-10-17)26(2)25-19/h4-8,13,17-18,21H,3,9-12,14-15H2,1-2H3/t18-,21+,24+/m1/s1. The molecule has 3 atom stereocenters. The summed E-state index contributed by atoms with van der Waals surface area (Å²) in [6.07, 6.45) is 5.39. The van der Waals surface area contributed by atoms with Crippen molar-refractivity contribution in [2.75, 3.05) is 6.61 Å². The van der Waals surface area contributed by atoms with Gasteiger partial charge in [-0.05, 0) is 57.1 Å². The van der Waals surface area contributed by atoms with Crippen LogP contribution in [-0.4, -0.2) is 45.2 Å². The number of amides is 1. The van der Waals surface area contributed by atoms with E-state index >= 15 is 0 Å². The Morgan fingerprint density at radius 1 is 1.17 bits per heavy atom. The molecule has 0 spiro atoms. The van der Waals surface area contributed by atoms with Gasteiger partial charge in [-0.2, -0.15) is 5.10 Å². The topological polar surface area (TPSA) is 64.4 Å². The second-order valence-corrected chi connectivity index (χ2v) is 9.05. The van der Waals surface area contributed by atoms with Crippen LogP contribution in [0.1, 0.15) is 66.7 Å². The van der Waals surface area contributed by atoms with E-state index in [0.717, 1.165) is 24.1 Å². The monoisotopic (exact) mass is 407 g/mol. The fourth-order valence-corrected chi connectivity index (χ4v) is 5.69. The summed E-state index contributed by atoms with van der Waals surface area (Å²) in [4.78, 5) is 28.7. The van der Waals surface area contributed by atoms with E-state index in [1.807, 2.05) is 47.8 Å². The quantitative estimate of drug-likeness (QED) is 0.688. The second-order valence-electron chi connectivity index (χ2n) is 9.05. The molecule has 2 bridgehead atoms. The minimum absolute atomic E-state index is 0.0377. The Balaban J connectivity index is 1.47. The smallest absolute Gasteiger partial charge is 0.314 e. The van der Waals surface area contributed by atoms with E-state index in [9.17, 15) is 9.59 Å². The molecule has 1 aromatic heterocycles. The van der Waals surface area contributed by atoms with Crippen LogP contribution in [0.25, 0.3) is 0 Å². The maximum Gasteiger partial charge on any atom is 0.314 e. The zero-order valence-corrected chi connectivity index (χ0v) is 17.7. The Morgan fingerprint density at radius 3 is 2.63 bits per heavy atom. The zero-order valence-electron chi connectivity index (χ0n) is 17.7. The summed E-state index contributed by atoms with van der Waals surface area (Å²) >= 11 is 0. The van der Waals surface area contributed by atoms with Gasteiger partial charge >= 0.3 is 5.97 Å². The van der Waals surface area contributed by atoms with Crippen LogP contribution >= 0.6 is 0 Å². The molecule has 1 saturated carbocycles. The minimum Gasteiger partial charge on any atom is -0.465 e. The summed E-state index contributed by atoms with van der Waals surface area (Å²) in [5, 5.41) is 4.54. The van der Waals surface area contributed by atoms with Crippen LogP contribution in [0.15, 0.2) is 36.4 Å². The summed E-state index contributed by atoms with van der Waals surface area (Å²) < 4.78 is 7.41. The highest BCUT2D eigenvalue weighted by Crippen LogP contribution is 2.53. The van der Waals surface area contributed by atoms with E-state index < -0.39 is 5.41 Å². The highest BCUT2D eigenvalue weighted by Gasteiger charge is 2.62. The van der Waals surface area contributed by atoms with Gasteiger partial charge in [0.25, 0.3) is 5.91 Å². The molecule has 5 rings (SSSR count). The predicted octanol–water partition coefficient (Wildman–Crippen LogP) is 3.47. The van der Waals surface area contributed by atoms with Gasteiger partial charge in [0.2, 0.25) is 0 Å². The van der Waals surface area contributed by atoms with Crippen molar-refractivity contribution in [2.45, 2.75) is 63.5 Å². The van der Waals surface area contributed by atoms with Gasteiger partial charge in [0.15, 0.2) is 5.69 Å². The number of rotatable bonds is 6. The number of benzene rings is 1. The average molecular weight is 408 g/mol. The summed E-state index contributed by atoms with van der Waals surface area (Å²) in [5.74, 6) is 0.332. The summed E-state index contributed by atoms with van der Waals surface area (Å²) in [6, 6.07) is 12.0. The summed E-state index contributed by atoms with van der Waals surface area (Å²) in [5.41, 5.74) is 2.09. The van der Waals surface area contributed by atoms with Crippen LogP contribution in [0.4, 0.5) is 0 Å². The Bertz CT molecular complexity index is 965. The molecule has 3 aliphatic rings. The number of carbonyl (C=O) groups is 2. The van der Waals surface area contributed by atoms with E-state index in [2.05, 4.69) is 17.2 Å². The molecular formula is C24H29N3O3. The first-order valence-electron chi connectivity index (χ1n) is 11.1. The molecule has 3 fully saturated rings. The van der Waals surface area contributed by atoms with Crippen molar-refractivity contribution in [3.63, 3.8) is 0 Å². The molecule has 0 unspecified atom stereocenters. The third-order valence-electron chi connectivity index (χ3n) is 7.15. The molecule has 30 heavy (non-hydrogen) atoms. The number of ether oxygens (including phenoxy) is 1. The molecule has 6 nitrogen and oxygen atoms in total. The SMILES string of the molecule is CCOC(=O)[C@@]1(Cc2ccccc2)C[C@H]2CC[C@@H]1N2C(=O)c1cc(C2CC2)n(C)n1. The number of fused-ring (bicyclic) bond motifs is 2. The Kier molecular flexibility index (Phi) is 4.68. The first-order chi connectivity index (χ1) is 14.5. The van der Waals surface area contributed by atoms with E-state index in [1.54, 1.807) is 0 Å². The fourth-order valence-electron chi connectivity index (χ4n) is 5.69. The van der Waals surface area contributed by atoms with Gasteiger partial charge in [-0.15, -0.1) is 0 Å². The lowest BCUT2D eigenvalue weighted by molar-refractivity contribution is -0.157. The van der Waals surface area contributed by atoms with Crippen molar-refractivity contribution in [3.05, 3.63) is 53.3 Å². The van der Waals surface area contributed by atoms with E-state index in [-0.39, 0.29) is 24.0 Å². The minimum atomic E-state index is -0.677. The first-order valence-corrected chi connectivity index (χ1v) is 11.1. The lowest BCUT2D eigenvalue weighted by atomic mass is 9.70. The van der Waals surface area contributed by atoms with Crippen LogP contribution in [0.2, 0.25) is 0 Å². The summed E-state index contributed by atoms with van der Waals surface area (Å²) in [7, 11) is 1.92. The van der Waals surface area contributed by atoms with Gasteiger partial charge < -0.3 is 9.64 Å². The third kappa shape index (κ3) is 3.04. The number of carbonyl (C=O) groups excluding carboxylic acids is 2. The largest absolute Gasteiger partial charge is 0.465 e. The van der Waals surface area contributed by atoms with Gasteiger partial charge in [-0.25, -0.2) is 0 Å². The van der Waals surface area contributed by atoms with Crippen LogP contribution in [0, 0.1) is 5.41 Å². The molecule has 3 heterocycles. The molecule has 6 heteroatoms. The lowest BCUT2D eigenvalue weighted by Crippen LogP contribution is -2.47. The molecule has 0 N–H and O–H groups in total. The number of aryl methyl sites for hydroxylation is 1. The van der Waals surface area contributed by atoms with Gasteiger partial charge in [0.1, 0.15) is 0 Å². The van der Waals surface area contributed by atoms with Gasteiger partial charge in [-0.1, -0.05) is 30.3 Å². The molecule has 1 aromatic carbocycles. The number of hydrogen-bond acceptors (Lipinski definition) is 4. The molecule has 2 saturated heterocycles. The molecule has 0 radical (unpaired) electrons. The molecule has 1 aliphatic carbocycles. The number of nitrogens with zero attached hydrogens (tertiary/aromatic N) is 3. The normalized spacial score (nSPS) is 27.5. The van der Waals surface area contributed by atoms with Crippen LogP contribution in [-0.2, 0) is 23.0 Å². The Labute approximate surface area is 177 Å². The van der Waals surface area contributed by atoms with Gasteiger partial charge in [0, 0.05) is 30.7 Å². The van der Waals surface area contributed by atoms with E-state index in [0.29, 0.717) is 31.1 Å². The third-order valence-corrected chi connectivity index (χ3v) is 7.15. The van der Waals surface area contributed by atoms with Crippen LogP contribution in [0.3, 0.4) is 0 Å². The molecule has 2 aliphatic heterocycles. The molecule has 158 valence electrons. The Morgan fingerprint density at radius 2 is 1.93 bits per heavy atom. The van der Waals surface area contributed by atoms with E-state index in [4.69, 9.17) is 4.74 Å². The van der Waals surface area contributed by atoms with Crippen molar-refractivity contribution in [3.8, 4) is 0 Å².